The van der Waals surface area contributed by atoms with Gasteiger partial charge in [-0.25, -0.2) is 12.8 Å². The summed E-state index contributed by atoms with van der Waals surface area (Å²) in [7, 11) is -1.84. The lowest BCUT2D eigenvalue weighted by Crippen LogP contribution is -2.37. The molecular weight excluding hydrogens is 279 g/mol. The molecule has 1 aliphatic rings. The molecule has 1 saturated heterocycles. The summed E-state index contributed by atoms with van der Waals surface area (Å²) in [6.45, 7) is 0.971. The number of benzene rings is 1. The summed E-state index contributed by atoms with van der Waals surface area (Å²) in [5.41, 5.74) is 0.489. The molecule has 1 aromatic carbocycles. The SMILES string of the molecule is CN(c1ccc(F)cc1)S(=O)(=O)CCC1CCCCN1. The summed E-state index contributed by atoms with van der Waals surface area (Å²) in [5, 5.41) is 3.35. The molecule has 1 atom stereocenters. The molecule has 4 nitrogen and oxygen atoms in total. The smallest absolute Gasteiger partial charge is 0.234 e. The van der Waals surface area contributed by atoms with E-state index in [2.05, 4.69) is 5.32 Å². The highest BCUT2D eigenvalue weighted by molar-refractivity contribution is 7.92. The Bertz CT molecular complexity index is 525. The maximum absolute atomic E-state index is 12.9. The maximum Gasteiger partial charge on any atom is 0.234 e. The average molecular weight is 300 g/mol. The molecule has 1 heterocycles. The summed E-state index contributed by atoms with van der Waals surface area (Å²) in [4.78, 5) is 0. The topological polar surface area (TPSA) is 49.4 Å². The van der Waals surface area contributed by atoms with E-state index in [0.717, 1.165) is 19.4 Å². The molecule has 0 amide bonds. The Hall–Kier alpha value is -1.14. The van der Waals surface area contributed by atoms with Gasteiger partial charge in [0.25, 0.3) is 0 Å². The van der Waals surface area contributed by atoms with Gasteiger partial charge in [-0.05, 0) is 50.1 Å². The molecule has 1 unspecified atom stereocenters. The van der Waals surface area contributed by atoms with Crippen LogP contribution in [0.4, 0.5) is 10.1 Å². The van der Waals surface area contributed by atoms with Crippen LogP contribution in [0.25, 0.3) is 0 Å². The Morgan fingerprint density at radius 3 is 2.60 bits per heavy atom. The van der Waals surface area contributed by atoms with E-state index in [-0.39, 0.29) is 11.6 Å². The zero-order chi connectivity index (χ0) is 14.6. The van der Waals surface area contributed by atoms with Crippen molar-refractivity contribution < 1.29 is 12.8 Å². The Balaban J connectivity index is 1.96. The van der Waals surface area contributed by atoms with Gasteiger partial charge in [0.05, 0.1) is 11.4 Å². The number of hydrogen-bond donors (Lipinski definition) is 1. The second kappa shape index (κ2) is 6.54. The molecule has 1 aromatic rings. The minimum Gasteiger partial charge on any atom is -0.314 e. The lowest BCUT2D eigenvalue weighted by atomic mass is 10.0. The van der Waals surface area contributed by atoms with Gasteiger partial charge in [0.15, 0.2) is 0 Å². The Morgan fingerprint density at radius 2 is 2.00 bits per heavy atom. The predicted molar refractivity (Wildman–Crippen MR) is 78.8 cm³/mol. The summed E-state index contributed by atoms with van der Waals surface area (Å²) in [6.07, 6.45) is 3.98. The third kappa shape index (κ3) is 3.93. The molecule has 1 fully saturated rings. The van der Waals surface area contributed by atoms with Crippen LogP contribution in [0.3, 0.4) is 0 Å². The summed E-state index contributed by atoms with van der Waals surface area (Å²) in [5.74, 6) is -0.260. The molecule has 20 heavy (non-hydrogen) atoms. The highest BCUT2D eigenvalue weighted by Gasteiger charge is 2.21. The van der Waals surface area contributed by atoms with Crippen molar-refractivity contribution in [3.8, 4) is 0 Å². The van der Waals surface area contributed by atoms with E-state index in [1.165, 1.54) is 42.0 Å². The Labute approximate surface area is 120 Å². The molecule has 2 rings (SSSR count). The number of piperidine rings is 1. The molecule has 1 N–H and O–H groups in total. The fraction of sp³-hybridized carbons (Fsp3) is 0.571. The quantitative estimate of drug-likeness (QED) is 0.906. The second-order valence-electron chi connectivity index (χ2n) is 5.20. The molecule has 112 valence electrons. The number of anilines is 1. The van der Waals surface area contributed by atoms with Crippen molar-refractivity contribution in [1.82, 2.24) is 5.32 Å². The molecule has 6 heteroatoms. The van der Waals surface area contributed by atoms with Gasteiger partial charge in [-0.1, -0.05) is 6.42 Å². The normalized spacial score (nSPS) is 19.8. The fourth-order valence-electron chi connectivity index (χ4n) is 2.41. The molecule has 0 spiro atoms. The van der Waals surface area contributed by atoms with E-state index in [1.807, 2.05) is 0 Å². The Kier molecular flexibility index (Phi) is 4.99. The first-order valence-electron chi connectivity index (χ1n) is 6.94. The number of nitrogens with one attached hydrogen (secondary N) is 1. The lowest BCUT2D eigenvalue weighted by Gasteiger charge is -2.25. The molecular formula is C14H21FN2O2S. The number of sulfonamides is 1. The highest BCUT2D eigenvalue weighted by atomic mass is 32.2. The van der Waals surface area contributed by atoms with Crippen LogP contribution < -0.4 is 9.62 Å². The molecule has 1 aliphatic heterocycles. The number of nitrogens with zero attached hydrogens (tertiary/aromatic N) is 1. The highest BCUT2D eigenvalue weighted by Crippen LogP contribution is 2.18. The van der Waals surface area contributed by atoms with E-state index in [4.69, 9.17) is 0 Å². The van der Waals surface area contributed by atoms with Crippen LogP contribution in [-0.4, -0.2) is 33.8 Å². The van der Waals surface area contributed by atoms with E-state index >= 15 is 0 Å². The van der Waals surface area contributed by atoms with Crippen molar-refractivity contribution in [1.29, 1.82) is 0 Å². The maximum atomic E-state index is 12.9. The zero-order valence-corrected chi connectivity index (χ0v) is 12.5. The van der Waals surface area contributed by atoms with Crippen LogP contribution in [0.1, 0.15) is 25.7 Å². The van der Waals surface area contributed by atoms with Crippen LogP contribution in [-0.2, 0) is 10.0 Å². The van der Waals surface area contributed by atoms with Crippen LogP contribution >= 0.6 is 0 Å². The molecule has 0 aromatic heterocycles. The van der Waals surface area contributed by atoms with Gasteiger partial charge in [0.1, 0.15) is 5.82 Å². The number of rotatable bonds is 5. The first-order chi connectivity index (χ1) is 9.49. The van der Waals surface area contributed by atoms with Crippen LogP contribution in [0, 0.1) is 5.82 Å². The largest absolute Gasteiger partial charge is 0.314 e. The molecule has 0 saturated carbocycles. The monoisotopic (exact) mass is 300 g/mol. The van der Waals surface area contributed by atoms with Gasteiger partial charge in [-0.3, -0.25) is 4.31 Å². The van der Waals surface area contributed by atoms with Gasteiger partial charge < -0.3 is 5.32 Å². The zero-order valence-electron chi connectivity index (χ0n) is 11.7. The summed E-state index contributed by atoms with van der Waals surface area (Å²) in [6, 6.07) is 5.78. The van der Waals surface area contributed by atoms with Gasteiger partial charge in [0, 0.05) is 13.1 Å². The molecule has 0 radical (unpaired) electrons. The average Bonchev–Trinajstić information content (AvgIpc) is 2.46. The van der Waals surface area contributed by atoms with Crippen molar-refractivity contribution in [2.45, 2.75) is 31.7 Å². The Morgan fingerprint density at radius 1 is 1.30 bits per heavy atom. The minimum atomic E-state index is -3.35. The molecule has 0 bridgehead atoms. The van der Waals surface area contributed by atoms with Crippen LogP contribution in [0.2, 0.25) is 0 Å². The number of hydrogen-bond acceptors (Lipinski definition) is 3. The van der Waals surface area contributed by atoms with Crippen LogP contribution in [0.15, 0.2) is 24.3 Å². The standard InChI is InChI=1S/C14H21FN2O2S/c1-17(14-7-5-12(15)6-8-14)20(18,19)11-9-13-4-2-3-10-16-13/h5-8,13,16H,2-4,9-11H2,1H3. The minimum absolute atomic E-state index is 0.110. The van der Waals surface area contributed by atoms with Gasteiger partial charge in [-0.2, -0.15) is 0 Å². The van der Waals surface area contributed by atoms with Crippen LogP contribution in [0.5, 0.6) is 0 Å². The van der Waals surface area contributed by atoms with Crippen molar-refractivity contribution in [3.05, 3.63) is 30.1 Å². The first-order valence-corrected chi connectivity index (χ1v) is 8.55. The second-order valence-corrected chi connectivity index (χ2v) is 7.32. The summed E-state index contributed by atoms with van der Waals surface area (Å²) < 4.78 is 38.6. The third-order valence-corrected chi connectivity index (χ3v) is 5.54. The first kappa shape index (κ1) is 15.3. The van der Waals surface area contributed by atoms with E-state index in [0.29, 0.717) is 18.2 Å². The van der Waals surface area contributed by atoms with E-state index in [1.54, 1.807) is 0 Å². The van der Waals surface area contributed by atoms with E-state index in [9.17, 15) is 12.8 Å². The lowest BCUT2D eigenvalue weighted by molar-refractivity contribution is 0.392. The third-order valence-electron chi connectivity index (χ3n) is 3.74. The van der Waals surface area contributed by atoms with Crippen molar-refractivity contribution >= 4 is 15.7 Å². The number of halogens is 1. The summed E-state index contributed by atoms with van der Waals surface area (Å²) >= 11 is 0. The molecule has 0 aliphatic carbocycles. The van der Waals surface area contributed by atoms with Gasteiger partial charge >= 0.3 is 0 Å². The van der Waals surface area contributed by atoms with Gasteiger partial charge in [0.2, 0.25) is 10.0 Å². The van der Waals surface area contributed by atoms with E-state index < -0.39 is 10.0 Å². The fourth-order valence-corrected chi connectivity index (χ4v) is 3.71. The van der Waals surface area contributed by atoms with Gasteiger partial charge in [-0.15, -0.1) is 0 Å². The van der Waals surface area contributed by atoms with Crippen molar-refractivity contribution in [2.75, 3.05) is 23.7 Å². The predicted octanol–water partition coefficient (Wildman–Crippen LogP) is 2.12. The van der Waals surface area contributed by atoms with Crippen molar-refractivity contribution in [3.63, 3.8) is 0 Å². The van der Waals surface area contributed by atoms with Crippen molar-refractivity contribution in [2.24, 2.45) is 0 Å².